The number of benzene rings is 1. The monoisotopic (exact) mass is 216 g/mol. The summed E-state index contributed by atoms with van der Waals surface area (Å²) in [4.78, 5) is 14.1. The molecule has 0 radical (unpaired) electrons. The van der Waals surface area contributed by atoms with E-state index in [1.165, 1.54) is 6.20 Å². The lowest BCUT2D eigenvalue weighted by Crippen LogP contribution is -1.94. The van der Waals surface area contributed by atoms with Crippen molar-refractivity contribution in [2.45, 2.75) is 0 Å². The molecule has 80 valence electrons. The third-order valence-corrected chi connectivity index (χ3v) is 2.10. The zero-order valence-corrected chi connectivity index (χ0v) is 8.20. The molecule has 2 aromatic rings. The summed E-state index contributed by atoms with van der Waals surface area (Å²) in [5.74, 6) is -0.216. The number of aromatic hydroxyl groups is 1. The van der Waals surface area contributed by atoms with Crippen LogP contribution in [-0.2, 0) is 0 Å². The molecule has 0 saturated carbocycles. The average molecular weight is 216 g/mol. The molecule has 0 fully saturated rings. The van der Waals surface area contributed by atoms with Gasteiger partial charge in [0.15, 0.2) is 0 Å². The summed E-state index contributed by atoms with van der Waals surface area (Å²) in [5.41, 5.74) is 0.698. The van der Waals surface area contributed by atoms with E-state index in [4.69, 9.17) is 5.11 Å². The first-order valence-electron chi connectivity index (χ1n) is 4.57. The Bertz CT molecular complexity index is 526. The van der Waals surface area contributed by atoms with Crippen LogP contribution in [0.4, 0.5) is 5.69 Å². The Morgan fingerprint density at radius 1 is 1.25 bits per heavy atom. The number of hydrogen-bond acceptors (Lipinski definition) is 4. The fraction of sp³-hybridized carbons (Fsp3) is 0. The van der Waals surface area contributed by atoms with Gasteiger partial charge in [-0.1, -0.05) is 30.3 Å². The summed E-state index contributed by atoms with van der Waals surface area (Å²) in [6, 6.07) is 9.91. The molecule has 0 unspecified atom stereocenters. The van der Waals surface area contributed by atoms with E-state index < -0.39 is 4.92 Å². The highest BCUT2D eigenvalue weighted by molar-refractivity contribution is 5.69. The molecule has 0 aliphatic heterocycles. The normalized spacial score (nSPS) is 10.0. The zero-order valence-electron chi connectivity index (χ0n) is 8.20. The minimum absolute atomic E-state index is 0.203. The van der Waals surface area contributed by atoms with Crippen molar-refractivity contribution in [3.8, 4) is 17.0 Å². The molecule has 0 saturated heterocycles. The lowest BCUT2D eigenvalue weighted by molar-refractivity contribution is -0.384. The van der Waals surface area contributed by atoms with Crippen molar-refractivity contribution < 1.29 is 10.0 Å². The van der Waals surface area contributed by atoms with Crippen molar-refractivity contribution in [2.75, 3.05) is 0 Å². The van der Waals surface area contributed by atoms with Crippen LogP contribution in [0, 0.1) is 10.1 Å². The molecule has 2 rings (SSSR count). The minimum Gasteiger partial charge on any atom is -0.506 e. The first kappa shape index (κ1) is 10.1. The van der Waals surface area contributed by atoms with Crippen molar-refractivity contribution >= 4 is 5.69 Å². The van der Waals surface area contributed by atoms with Crippen LogP contribution in [0.25, 0.3) is 11.3 Å². The van der Waals surface area contributed by atoms with Gasteiger partial charge in [-0.2, -0.15) is 0 Å². The van der Waals surface area contributed by atoms with Gasteiger partial charge in [0.05, 0.1) is 17.2 Å². The highest BCUT2D eigenvalue weighted by Gasteiger charge is 2.17. The smallest absolute Gasteiger partial charge is 0.299 e. The van der Waals surface area contributed by atoms with Gasteiger partial charge in [-0.15, -0.1) is 0 Å². The second kappa shape index (κ2) is 3.98. The molecule has 1 N–H and O–H groups in total. The number of pyridine rings is 1. The van der Waals surface area contributed by atoms with E-state index in [2.05, 4.69) is 4.98 Å². The molecule has 0 aliphatic carbocycles. The molecule has 0 atom stereocenters. The highest BCUT2D eigenvalue weighted by Crippen LogP contribution is 2.29. The van der Waals surface area contributed by atoms with Gasteiger partial charge in [0.2, 0.25) is 0 Å². The first-order chi connectivity index (χ1) is 7.68. The Balaban J connectivity index is 2.61. The molecule has 5 nitrogen and oxygen atoms in total. The molecule has 1 heterocycles. The van der Waals surface area contributed by atoms with Crippen molar-refractivity contribution in [3.63, 3.8) is 0 Å². The summed E-state index contributed by atoms with van der Waals surface area (Å²) in [6.07, 6.45) is 1.19. The molecular weight excluding hydrogens is 208 g/mol. The third-order valence-electron chi connectivity index (χ3n) is 2.10. The van der Waals surface area contributed by atoms with Crippen LogP contribution >= 0.6 is 0 Å². The maximum atomic E-state index is 10.8. The van der Waals surface area contributed by atoms with Crippen LogP contribution < -0.4 is 0 Å². The van der Waals surface area contributed by atoms with E-state index in [1.54, 1.807) is 24.3 Å². The first-order valence-corrected chi connectivity index (χ1v) is 4.57. The maximum absolute atomic E-state index is 10.8. The van der Waals surface area contributed by atoms with Crippen LogP contribution in [0.5, 0.6) is 5.75 Å². The number of nitrogens with zero attached hydrogens (tertiary/aromatic N) is 2. The van der Waals surface area contributed by atoms with Crippen molar-refractivity contribution in [1.29, 1.82) is 0 Å². The second-order valence-corrected chi connectivity index (χ2v) is 3.18. The van der Waals surface area contributed by atoms with E-state index in [0.29, 0.717) is 5.56 Å². The molecule has 0 aliphatic rings. The van der Waals surface area contributed by atoms with E-state index in [-0.39, 0.29) is 17.1 Å². The van der Waals surface area contributed by atoms with Gasteiger partial charge in [0, 0.05) is 5.56 Å². The minimum atomic E-state index is -0.560. The Hall–Kier alpha value is -2.43. The Morgan fingerprint density at radius 3 is 2.56 bits per heavy atom. The van der Waals surface area contributed by atoms with Gasteiger partial charge in [-0.25, -0.2) is 4.98 Å². The van der Waals surface area contributed by atoms with Crippen LogP contribution in [0.1, 0.15) is 0 Å². The van der Waals surface area contributed by atoms with E-state index in [9.17, 15) is 10.1 Å². The fourth-order valence-electron chi connectivity index (χ4n) is 1.40. The predicted molar refractivity (Wildman–Crippen MR) is 58.0 cm³/mol. The summed E-state index contributed by atoms with van der Waals surface area (Å²) in [7, 11) is 0. The van der Waals surface area contributed by atoms with Crippen LogP contribution in [-0.4, -0.2) is 15.0 Å². The fourth-order valence-corrected chi connectivity index (χ4v) is 1.40. The van der Waals surface area contributed by atoms with Gasteiger partial charge in [-0.05, 0) is 0 Å². The van der Waals surface area contributed by atoms with Crippen molar-refractivity contribution in [3.05, 3.63) is 52.7 Å². The molecule has 1 aromatic heterocycles. The van der Waals surface area contributed by atoms with Crippen molar-refractivity contribution in [1.82, 2.24) is 4.98 Å². The van der Waals surface area contributed by atoms with Gasteiger partial charge < -0.3 is 5.11 Å². The topological polar surface area (TPSA) is 76.3 Å². The van der Waals surface area contributed by atoms with E-state index in [1.807, 2.05) is 6.07 Å². The molecule has 0 spiro atoms. The average Bonchev–Trinajstić information content (AvgIpc) is 2.30. The summed E-state index contributed by atoms with van der Waals surface area (Å²) in [6.45, 7) is 0. The molecule has 5 heteroatoms. The molecular formula is C11H8N2O3. The molecule has 1 aromatic carbocycles. The number of aromatic nitrogens is 1. The van der Waals surface area contributed by atoms with E-state index >= 15 is 0 Å². The molecule has 16 heavy (non-hydrogen) atoms. The quantitative estimate of drug-likeness (QED) is 0.617. The van der Waals surface area contributed by atoms with E-state index in [0.717, 1.165) is 6.07 Å². The van der Waals surface area contributed by atoms with Crippen LogP contribution in [0.15, 0.2) is 42.6 Å². The second-order valence-electron chi connectivity index (χ2n) is 3.18. The lowest BCUT2D eigenvalue weighted by Gasteiger charge is -2.02. The summed E-state index contributed by atoms with van der Waals surface area (Å²) in [5, 5.41) is 20.0. The van der Waals surface area contributed by atoms with Crippen molar-refractivity contribution in [2.24, 2.45) is 0 Å². The summed E-state index contributed by atoms with van der Waals surface area (Å²) < 4.78 is 0. The van der Waals surface area contributed by atoms with Crippen LogP contribution in [0.3, 0.4) is 0 Å². The van der Waals surface area contributed by atoms with Gasteiger partial charge in [-0.3, -0.25) is 10.1 Å². The van der Waals surface area contributed by atoms with Gasteiger partial charge >= 0.3 is 0 Å². The maximum Gasteiger partial charge on any atom is 0.299 e. The Kier molecular flexibility index (Phi) is 2.51. The lowest BCUT2D eigenvalue weighted by atomic mass is 10.1. The SMILES string of the molecule is O=[N+]([O-])c1cc(O)cnc1-c1ccccc1. The van der Waals surface area contributed by atoms with Crippen LogP contribution in [0.2, 0.25) is 0 Å². The summed E-state index contributed by atoms with van der Waals surface area (Å²) >= 11 is 0. The van der Waals surface area contributed by atoms with Gasteiger partial charge in [0.1, 0.15) is 11.4 Å². The molecule has 0 bridgehead atoms. The number of hydrogen-bond donors (Lipinski definition) is 1. The zero-order chi connectivity index (χ0) is 11.5. The Labute approximate surface area is 91.2 Å². The predicted octanol–water partition coefficient (Wildman–Crippen LogP) is 2.36. The van der Waals surface area contributed by atoms with Gasteiger partial charge in [0.25, 0.3) is 5.69 Å². The number of nitro groups is 1. The third kappa shape index (κ3) is 1.83. The Morgan fingerprint density at radius 2 is 1.94 bits per heavy atom. The number of rotatable bonds is 2. The highest BCUT2D eigenvalue weighted by atomic mass is 16.6. The molecule has 0 amide bonds. The standard InChI is InChI=1S/C11H8N2O3/c14-9-6-10(13(15)16)11(12-7-9)8-4-2-1-3-5-8/h1-7,14H. The largest absolute Gasteiger partial charge is 0.506 e.